The number of rotatable bonds is 7. The smallest absolute Gasteiger partial charge is 0.263 e. The molecule has 6 nitrogen and oxygen atoms in total. The highest BCUT2D eigenvalue weighted by Gasteiger charge is 2.16. The van der Waals surface area contributed by atoms with E-state index in [4.69, 9.17) is 9.84 Å². The van der Waals surface area contributed by atoms with Gasteiger partial charge in [-0.15, -0.1) is 0 Å². The Hall–Kier alpha value is -1.99. The first-order chi connectivity index (χ1) is 10.0. The summed E-state index contributed by atoms with van der Waals surface area (Å²) in [6.07, 6.45) is 2.25. The molecule has 0 unspecified atom stereocenters. The van der Waals surface area contributed by atoms with Crippen molar-refractivity contribution < 1.29 is 18.3 Å². The molecule has 0 atom stereocenters. The van der Waals surface area contributed by atoms with Gasteiger partial charge in [0.15, 0.2) is 0 Å². The van der Waals surface area contributed by atoms with Crippen molar-refractivity contribution in [2.45, 2.75) is 24.8 Å². The highest BCUT2D eigenvalue weighted by molar-refractivity contribution is 7.92. The monoisotopic (exact) mass is 310 g/mol. The third-order valence-electron chi connectivity index (χ3n) is 2.78. The lowest BCUT2D eigenvalue weighted by molar-refractivity contribution is 0.277. The first kappa shape index (κ1) is 15.4. The number of sulfonamides is 1. The lowest BCUT2D eigenvalue weighted by atomic mass is 10.3. The lowest BCUT2D eigenvalue weighted by Gasteiger charge is -2.08. The number of aromatic amines is 1. The van der Waals surface area contributed by atoms with Crippen molar-refractivity contribution in [2.75, 3.05) is 11.3 Å². The van der Waals surface area contributed by atoms with Crippen molar-refractivity contribution in [3.8, 4) is 5.75 Å². The molecule has 0 fully saturated rings. The third-order valence-corrected chi connectivity index (χ3v) is 4.14. The lowest BCUT2D eigenvalue weighted by Crippen LogP contribution is -2.12. The van der Waals surface area contributed by atoms with Crippen LogP contribution >= 0.6 is 0 Å². The normalized spacial score (nSPS) is 11.3. The zero-order chi connectivity index (χ0) is 15.3. The minimum Gasteiger partial charge on any atom is -0.494 e. The molecular weight excluding hydrogens is 292 g/mol. The topological polar surface area (TPSA) is 91.4 Å². The quantitative estimate of drug-likeness (QED) is 0.730. The van der Waals surface area contributed by atoms with Crippen molar-refractivity contribution in [1.29, 1.82) is 0 Å². The van der Waals surface area contributed by atoms with Crippen molar-refractivity contribution in [3.63, 3.8) is 0 Å². The van der Waals surface area contributed by atoms with Crippen LogP contribution in [-0.4, -0.2) is 25.1 Å². The van der Waals surface area contributed by atoms with E-state index in [9.17, 15) is 8.42 Å². The highest BCUT2D eigenvalue weighted by Crippen LogP contribution is 2.20. The summed E-state index contributed by atoms with van der Waals surface area (Å²) in [4.78, 5) is 2.77. The van der Waals surface area contributed by atoms with Gasteiger partial charge >= 0.3 is 0 Å². The van der Waals surface area contributed by atoms with E-state index in [0.29, 0.717) is 23.7 Å². The van der Waals surface area contributed by atoms with Gasteiger partial charge in [-0.2, -0.15) is 0 Å². The molecule has 114 valence electrons. The summed E-state index contributed by atoms with van der Waals surface area (Å²) < 4.78 is 32.2. The van der Waals surface area contributed by atoms with Crippen LogP contribution in [0.5, 0.6) is 5.75 Å². The number of hydrogen-bond donors (Lipinski definition) is 3. The van der Waals surface area contributed by atoms with Crippen molar-refractivity contribution in [3.05, 3.63) is 42.2 Å². The molecule has 7 heteroatoms. The summed E-state index contributed by atoms with van der Waals surface area (Å²) in [6.45, 7) is 2.40. The van der Waals surface area contributed by atoms with E-state index in [1.54, 1.807) is 24.3 Å². The third kappa shape index (κ3) is 3.99. The molecule has 1 heterocycles. The van der Waals surface area contributed by atoms with Gasteiger partial charge in [0.25, 0.3) is 10.0 Å². The number of aliphatic hydroxyl groups is 1. The number of anilines is 1. The highest BCUT2D eigenvalue weighted by atomic mass is 32.2. The van der Waals surface area contributed by atoms with Gasteiger partial charge in [0.1, 0.15) is 10.6 Å². The van der Waals surface area contributed by atoms with Crippen LogP contribution in [0.25, 0.3) is 0 Å². The number of H-pyrrole nitrogens is 1. The van der Waals surface area contributed by atoms with Crippen LogP contribution in [0.2, 0.25) is 0 Å². The molecule has 0 saturated carbocycles. The van der Waals surface area contributed by atoms with Crippen molar-refractivity contribution >= 4 is 15.7 Å². The zero-order valence-corrected chi connectivity index (χ0v) is 12.5. The van der Waals surface area contributed by atoms with E-state index in [1.165, 1.54) is 12.3 Å². The van der Waals surface area contributed by atoms with E-state index in [0.717, 1.165) is 6.42 Å². The molecule has 0 aliphatic carbocycles. The van der Waals surface area contributed by atoms with E-state index < -0.39 is 10.0 Å². The molecule has 0 radical (unpaired) electrons. The van der Waals surface area contributed by atoms with Crippen molar-refractivity contribution in [2.24, 2.45) is 0 Å². The molecule has 2 aromatic rings. The second-order valence-electron chi connectivity index (χ2n) is 4.50. The van der Waals surface area contributed by atoms with E-state index in [1.807, 2.05) is 6.92 Å². The minimum atomic E-state index is -3.67. The van der Waals surface area contributed by atoms with Gasteiger partial charge in [0, 0.05) is 17.6 Å². The number of nitrogens with one attached hydrogen (secondary N) is 2. The molecule has 3 N–H and O–H groups in total. The van der Waals surface area contributed by atoms with E-state index in [-0.39, 0.29) is 11.5 Å². The molecule has 0 aliphatic heterocycles. The summed E-state index contributed by atoms with van der Waals surface area (Å²) in [6, 6.07) is 8.10. The number of aromatic nitrogens is 1. The number of benzene rings is 1. The van der Waals surface area contributed by atoms with Crippen molar-refractivity contribution in [1.82, 2.24) is 4.98 Å². The molecule has 0 saturated heterocycles. The molecule has 0 bridgehead atoms. The minimum absolute atomic E-state index is 0.0814. The fraction of sp³-hybridized carbons (Fsp3) is 0.286. The molecule has 0 amide bonds. The largest absolute Gasteiger partial charge is 0.494 e. The number of ether oxygens (including phenoxy) is 1. The second-order valence-corrected chi connectivity index (χ2v) is 6.18. The standard InChI is InChI=1S/C14H18N2O4S/c1-2-7-20-13-5-3-11(4-6-13)16-21(18,19)14-8-12(10-17)15-9-14/h3-6,8-9,15-17H,2,7,10H2,1H3. The van der Waals surface area contributed by atoms with E-state index in [2.05, 4.69) is 9.71 Å². The van der Waals surface area contributed by atoms with Gasteiger partial charge in [-0.25, -0.2) is 8.42 Å². The number of aliphatic hydroxyl groups excluding tert-OH is 1. The molecule has 1 aromatic heterocycles. The average molecular weight is 310 g/mol. The Kier molecular flexibility index (Phi) is 4.87. The fourth-order valence-electron chi connectivity index (χ4n) is 1.72. The van der Waals surface area contributed by atoms with Crippen LogP contribution in [0.4, 0.5) is 5.69 Å². The van der Waals surface area contributed by atoms with Crippen LogP contribution in [0.15, 0.2) is 41.4 Å². The Morgan fingerprint density at radius 1 is 1.29 bits per heavy atom. The van der Waals surface area contributed by atoms with Gasteiger partial charge in [-0.1, -0.05) is 6.92 Å². The average Bonchev–Trinajstić information content (AvgIpc) is 2.96. The Morgan fingerprint density at radius 3 is 2.57 bits per heavy atom. The Morgan fingerprint density at radius 2 is 2.00 bits per heavy atom. The van der Waals surface area contributed by atoms with Gasteiger partial charge in [-0.05, 0) is 36.8 Å². The van der Waals surface area contributed by atoms with Crippen LogP contribution in [0, 0.1) is 0 Å². The predicted octanol–water partition coefficient (Wildman–Crippen LogP) is 2.10. The first-order valence-electron chi connectivity index (χ1n) is 6.59. The van der Waals surface area contributed by atoms with Crippen LogP contribution in [0.3, 0.4) is 0 Å². The molecule has 21 heavy (non-hydrogen) atoms. The predicted molar refractivity (Wildman–Crippen MR) is 79.8 cm³/mol. The van der Waals surface area contributed by atoms with Crippen LogP contribution in [0.1, 0.15) is 19.0 Å². The molecule has 0 spiro atoms. The first-order valence-corrected chi connectivity index (χ1v) is 8.07. The number of hydrogen-bond acceptors (Lipinski definition) is 4. The van der Waals surface area contributed by atoms with E-state index >= 15 is 0 Å². The summed E-state index contributed by atoms with van der Waals surface area (Å²) in [5.74, 6) is 0.698. The second kappa shape index (κ2) is 6.64. The van der Waals surface area contributed by atoms with Gasteiger partial charge in [-0.3, -0.25) is 4.72 Å². The van der Waals surface area contributed by atoms with Gasteiger partial charge in [0.2, 0.25) is 0 Å². The fourth-order valence-corrected chi connectivity index (χ4v) is 2.79. The van der Waals surface area contributed by atoms with Crippen LogP contribution < -0.4 is 9.46 Å². The summed E-state index contributed by atoms with van der Waals surface area (Å²) >= 11 is 0. The van der Waals surface area contributed by atoms with Gasteiger partial charge < -0.3 is 14.8 Å². The molecule has 0 aliphatic rings. The molecular formula is C14H18N2O4S. The maximum absolute atomic E-state index is 12.1. The SMILES string of the molecule is CCCOc1ccc(NS(=O)(=O)c2c[nH]c(CO)c2)cc1. The Balaban J connectivity index is 2.09. The zero-order valence-electron chi connectivity index (χ0n) is 11.7. The van der Waals surface area contributed by atoms with Gasteiger partial charge in [0.05, 0.1) is 13.2 Å². The summed E-state index contributed by atoms with van der Waals surface area (Å²) in [5, 5.41) is 8.95. The molecule has 2 rings (SSSR count). The maximum Gasteiger partial charge on any atom is 0.263 e. The maximum atomic E-state index is 12.1. The summed E-state index contributed by atoms with van der Waals surface area (Å²) in [5.41, 5.74) is 0.893. The van der Waals surface area contributed by atoms with Crippen LogP contribution in [-0.2, 0) is 16.6 Å². The summed E-state index contributed by atoms with van der Waals surface area (Å²) in [7, 11) is -3.67. The Bertz CT molecular complexity index is 677. The Labute approximate surface area is 123 Å². The molecule has 1 aromatic carbocycles.